The van der Waals surface area contributed by atoms with Crippen LogP contribution >= 0.6 is 11.8 Å². The summed E-state index contributed by atoms with van der Waals surface area (Å²) in [4.78, 5) is 1.34. The minimum absolute atomic E-state index is 0.437. The first kappa shape index (κ1) is 20.3. The van der Waals surface area contributed by atoms with E-state index in [4.69, 9.17) is 4.43 Å². The van der Waals surface area contributed by atoms with Crippen LogP contribution in [0.4, 0.5) is 0 Å². The van der Waals surface area contributed by atoms with Crippen molar-refractivity contribution in [3.05, 3.63) is 66.2 Å². The van der Waals surface area contributed by atoms with Crippen LogP contribution < -0.4 is 0 Å². The highest BCUT2D eigenvalue weighted by Crippen LogP contribution is 2.43. The van der Waals surface area contributed by atoms with Gasteiger partial charge in [0.15, 0.2) is 8.32 Å². The van der Waals surface area contributed by atoms with Crippen molar-refractivity contribution in [3.8, 4) is 0 Å². The maximum absolute atomic E-state index is 6.35. The maximum Gasteiger partial charge on any atom is 0.183 e. The van der Waals surface area contributed by atoms with Crippen LogP contribution in [0.3, 0.4) is 0 Å². The molecule has 0 radical (unpaired) electrons. The first-order chi connectivity index (χ1) is 12.0. The zero-order chi connectivity index (χ0) is 18.1. The third-order valence-corrected chi connectivity index (χ3v) is 6.71. The van der Waals surface area contributed by atoms with Gasteiger partial charge in [0.2, 0.25) is 0 Å². The Morgan fingerprint density at radius 1 is 0.920 bits per heavy atom. The van der Waals surface area contributed by atoms with Gasteiger partial charge < -0.3 is 4.43 Å². The minimum atomic E-state index is -1.51. The molecule has 0 spiro atoms. The van der Waals surface area contributed by atoms with E-state index in [9.17, 15) is 0 Å². The summed E-state index contributed by atoms with van der Waals surface area (Å²) >= 11 is 1.99. The van der Waals surface area contributed by atoms with Gasteiger partial charge in [0, 0.05) is 16.8 Å². The predicted molar refractivity (Wildman–Crippen MR) is 114 cm³/mol. The molecular weight excluding hydrogens is 340 g/mol. The van der Waals surface area contributed by atoms with Gasteiger partial charge in [-0.25, -0.2) is 0 Å². The third kappa shape index (κ3) is 7.39. The van der Waals surface area contributed by atoms with Gasteiger partial charge in [-0.2, -0.15) is 0 Å². The Labute approximate surface area is 159 Å². The molecule has 3 heteroatoms. The van der Waals surface area contributed by atoms with Crippen LogP contribution in [0.25, 0.3) is 0 Å². The molecular formula is C22H32OSSi. The Bertz CT molecular complexity index is 594. The molecule has 2 aromatic rings. The molecule has 2 atom stereocenters. The highest BCUT2D eigenvalue weighted by Gasteiger charge is 2.26. The monoisotopic (exact) mass is 372 g/mol. The summed E-state index contributed by atoms with van der Waals surface area (Å²) in [7, 11) is -1.51. The molecule has 0 aliphatic heterocycles. The molecule has 0 aliphatic carbocycles. The summed E-state index contributed by atoms with van der Waals surface area (Å²) in [6.45, 7) is 10.00. The zero-order valence-electron chi connectivity index (χ0n) is 16.1. The Hall–Kier alpha value is -1.03. The van der Waals surface area contributed by atoms with E-state index in [1.807, 2.05) is 11.8 Å². The van der Waals surface area contributed by atoms with Crippen molar-refractivity contribution >= 4 is 20.1 Å². The van der Waals surface area contributed by atoms with Gasteiger partial charge in [0.05, 0.1) is 0 Å². The van der Waals surface area contributed by atoms with Crippen LogP contribution in [0.5, 0.6) is 0 Å². The summed E-state index contributed by atoms with van der Waals surface area (Å²) < 4.78 is 6.35. The number of rotatable bonds is 10. The lowest BCUT2D eigenvalue weighted by atomic mass is 9.94. The lowest BCUT2D eigenvalue weighted by molar-refractivity contribution is 0.228. The molecule has 0 heterocycles. The number of benzene rings is 2. The zero-order valence-corrected chi connectivity index (χ0v) is 17.9. The van der Waals surface area contributed by atoms with E-state index in [1.54, 1.807) is 0 Å². The molecule has 2 rings (SSSR count). The number of hydrogen-bond donors (Lipinski definition) is 0. The van der Waals surface area contributed by atoms with E-state index >= 15 is 0 Å². The molecule has 0 saturated carbocycles. The van der Waals surface area contributed by atoms with E-state index in [0.29, 0.717) is 11.2 Å². The van der Waals surface area contributed by atoms with E-state index < -0.39 is 8.32 Å². The highest BCUT2D eigenvalue weighted by molar-refractivity contribution is 7.99. The molecule has 0 bridgehead atoms. The fourth-order valence-corrected chi connectivity index (χ4v) is 4.89. The van der Waals surface area contributed by atoms with Crippen molar-refractivity contribution in [1.29, 1.82) is 0 Å². The second kappa shape index (κ2) is 10.2. The Morgan fingerprint density at radius 3 is 2.08 bits per heavy atom. The Balaban J connectivity index is 2.24. The average Bonchev–Trinajstić information content (AvgIpc) is 2.61. The summed E-state index contributed by atoms with van der Waals surface area (Å²) in [5.74, 6) is 0.541. The van der Waals surface area contributed by atoms with Crippen LogP contribution in [0.1, 0.15) is 37.0 Å². The number of thioether (sulfide) groups is 1. The van der Waals surface area contributed by atoms with E-state index in [-0.39, 0.29) is 0 Å². The molecule has 0 saturated heterocycles. The largest absolute Gasteiger partial charge is 0.417 e. The van der Waals surface area contributed by atoms with E-state index in [2.05, 4.69) is 87.2 Å². The second-order valence-electron chi connectivity index (χ2n) is 7.59. The molecule has 0 amide bonds. The van der Waals surface area contributed by atoms with E-state index in [0.717, 1.165) is 6.61 Å². The SMILES string of the molecule is CCCC[C@H](CO[Si](C)(C)C)[C@H](Sc1ccccc1)c1ccccc1. The van der Waals surface area contributed by atoms with Gasteiger partial charge in [0.25, 0.3) is 0 Å². The Morgan fingerprint density at radius 2 is 1.52 bits per heavy atom. The van der Waals surface area contributed by atoms with Gasteiger partial charge in [-0.3, -0.25) is 0 Å². The molecule has 1 nitrogen and oxygen atoms in total. The number of unbranched alkanes of at least 4 members (excludes halogenated alkanes) is 1. The van der Waals surface area contributed by atoms with Crippen LogP contribution in [-0.4, -0.2) is 14.9 Å². The van der Waals surface area contributed by atoms with Crippen molar-refractivity contribution in [2.24, 2.45) is 5.92 Å². The minimum Gasteiger partial charge on any atom is -0.417 e. The predicted octanol–water partition coefficient (Wildman–Crippen LogP) is 7.18. The quantitative estimate of drug-likeness (QED) is 0.323. The Kier molecular flexibility index (Phi) is 8.27. The molecule has 136 valence electrons. The lowest BCUT2D eigenvalue weighted by Gasteiger charge is -2.30. The van der Waals surface area contributed by atoms with Crippen molar-refractivity contribution in [3.63, 3.8) is 0 Å². The van der Waals surface area contributed by atoms with E-state index in [1.165, 1.54) is 29.7 Å². The standard InChI is InChI=1S/C22H32OSSi/c1-5-6-13-20(18-23-25(2,3)4)22(19-14-9-7-10-15-19)24-21-16-11-8-12-17-21/h7-12,14-17,20,22H,5-6,13,18H2,1-4H3/t20-,22-/m1/s1. The molecule has 0 fully saturated rings. The van der Waals surface area contributed by atoms with Crippen molar-refractivity contribution in [2.45, 2.75) is 56.0 Å². The van der Waals surface area contributed by atoms with Gasteiger partial charge >= 0.3 is 0 Å². The normalized spacial score (nSPS) is 14.2. The number of hydrogen-bond acceptors (Lipinski definition) is 2. The molecule has 0 N–H and O–H groups in total. The molecule has 0 aromatic heterocycles. The summed E-state index contributed by atoms with van der Waals surface area (Å²) in [5.41, 5.74) is 1.41. The van der Waals surface area contributed by atoms with Crippen LogP contribution in [0, 0.1) is 5.92 Å². The molecule has 2 aromatic carbocycles. The highest BCUT2D eigenvalue weighted by atomic mass is 32.2. The van der Waals surface area contributed by atoms with Crippen LogP contribution in [0.15, 0.2) is 65.6 Å². The third-order valence-electron chi connectivity index (χ3n) is 4.22. The van der Waals surface area contributed by atoms with Crippen molar-refractivity contribution in [2.75, 3.05) is 6.61 Å². The first-order valence-corrected chi connectivity index (χ1v) is 13.7. The van der Waals surface area contributed by atoms with Gasteiger partial charge in [-0.05, 0) is 49.7 Å². The molecule has 0 unspecified atom stereocenters. The maximum atomic E-state index is 6.35. The van der Waals surface area contributed by atoms with Crippen molar-refractivity contribution < 1.29 is 4.43 Å². The fraction of sp³-hybridized carbons (Fsp3) is 0.455. The van der Waals surface area contributed by atoms with Crippen molar-refractivity contribution in [1.82, 2.24) is 0 Å². The molecule has 0 aliphatic rings. The summed E-state index contributed by atoms with van der Waals surface area (Å²) in [5, 5.41) is 0.437. The first-order valence-electron chi connectivity index (χ1n) is 9.40. The second-order valence-corrected chi connectivity index (χ2v) is 13.3. The summed E-state index contributed by atoms with van der Waals surface area (Å²) in [6, 6.07) is 21.7. The lowest BCUT2D eigenvalue weighted by Crippen LogP contribution is -2.30. The van der Waals surface area contributed by atoms with Gasteiger partial charge in [-0.15, -0.1) is 11.8 Å². The van der Waals surface area contributed by atoms with Crippen LogP contribution in [-0.2, 0) is 4.43 Å². The molecule has 25 heavy (non-hydrogen) atoms. The smallest absolute Gasteiger partial charge is 0.183 e. The van der Waals surface area contributed by atoms with Gasteiger partial charge in [0.1, 0.15) is 0 Å². The van der Waals surface area contributed by atoms with Gasteiger partial charge in [-0.1, -0.05) is 68.3 Å². The van der Waals surface area contributed by atoms with Crippen LogP contribution in [0.2, 0.25) is 19.6 Å². The summed E-state index contributed by atoms with van der Waals surface area (Å²) in [6.07, 6.45) is 3.72. The fourth-order valence-electron chi connectivity index (χ4n) is 2.87. The topological polar surface area (TPSA) is 9.23 Å². The average molecular weight is 373 g/mol.